The highest BCUT2D eigenvalue weighted by atomic mass is 16.3. The molecule has 0 aromatic rings. The van der Waals surface area contributed by atoms with Crippen LogP contribution in [0.15, 0.2) is 0 Å². The van der Waals surface area contributed by atoms with E-state index in [2.05, 4.69) is 39.9 Å². The predicted molar refractivity (Wildman–Crippen MR) is 67.1 cm³/mol. The predicted octanol–water partition coefficient (Wildman–Crippen LogP) is 2.95. The summed E-state index contributed by atoms with van der Waals surface area (Å²) in [6.45, 7) is 11.4. The van der Waals surface area contributed by atoms with Gasteiger partial charge in [0.05, 0.1) is 0 Å². The summed E-state index contributed by atoms with van der Waals surface area (Å²) in [7, 11) is 0. The fraction of sp³-hybridized carbons (Fsp3) is 1.00. The van der Waals surface area contributed by atoms with Gasteiger partial charge in [-0.3, -0.25) is 0 Å². The van der Waals surface area contributed by atoms with Crippen LogP contribution < -0.4 is 5.32 Å². The lowest BCUT2D eigenvalue weighted by Gasteiger charge is -2.30. The zero-order chi connectivity index (χ0) is 11.9. The van der Waals surface area contributed by atoms with Crippen LogP contribution in [0.1, 0.15) is 60.3 Å². The molecule has 0 aromatic heterocycles. The molecule has 0 aromatic carbocycles. The molecule has 0 rings (SSSR count). The summed E-state index contributed by atoms with van der Waals surface area (Å²) in [6, 6.07) is 0.547. The van der Waals surface area contributed by atoms with Gasteiger partial charge in [-0.15, -0.1) is 0 Å². The van der Waals surface area contributed by atoms with Crippen LogP contribution in [0.25, 0.3) is 0 Å². The Morgan fingerprint density at radius 2 is 1.73 bits per heavy atom. The minimum Gasteiger partial charge on any atom is -0.396 e. The van der Waals surface area contributed by atoms with E-state index in [0.29, 0.717) is 6.04 Å². The Hall–Kier alpha value is -0.0800. The van der Waals surface area contributed by atoms with Crippen LogP contribution in [0.3, 0.4) is 0 Å². The molecule has 0 aliphatic heterocycles. The van der Waals surface area contributed by atoms with Crippen LogP contribution in [-0.4, -0.2) is 23.3 Å². The Kier molecular flexibility index (Phi) is 7.20. The Labute approximate surface area is 95.5 Å². The van der Waals surface area contributed by atoms with Gasteiger partial charge in [-0.2, -0.15) is 0 Å². The maximum Gasteiger partial charge on any atom is 0.0448 e. The molecule has 0 fully saturated rings. The first-order valence-corrected chi connectivity index (χ1v) is 6.26. The molecule has 0 radical (unpaired) electrons. The van der Waals surface area contributed by atoms with Crippen molar-refractivity contribution in [2.24, 2.45) is 5.92 Å². The Balaban J connectivity index is 3.67. The van der Waals surface area contributed by atoms with Crippen LogP contribution in [0.5, 0.6) is 0 Å². The normalized spacial score (nSPS) is 14.6. The van der Waals surface area contributed by atoms with Crippen LogP contribution >= 0.6 is 0 Å². The average Bonchev–Trinajstić information content (AvgIpc) is 2.01. The van der Waals surface area contributed by atoms with Crippen molar-refractivity contribution in [1.29, 1.82) is 0 Å². The smallest absolute Gasteiger partial charge is 0.0448 e. The third-order valence-corrected chi connectivity index (χ3v) is 2.79. The second kappa shape index (κ2) is 7.24. The second-order valence-corrected chi connectivity index (χ2v) is 5.73. The van der Waals surface area contributed by atoms with Gasteiger partial charge < -0.3 is 10.4 Å². The molecule has 0 heterocycles. The van der Waals surface area contributed by atoms with E-state index in [4.69, 9.17) is 5.11 Å². The summed E-state index contributed by atoms with van der Waals surface area (Å²) in [6.07, 6.45) is 4.65. The molecule has 2 N–H and O–H groups in total. The van der Waals surface area contributed by atoms with Gasteiger partial charge in [0.2, 0.25) is 0 Å². The van der Waals surface area contributed by atoms with E-state index in [9.17, 15) is 0 Å². The summed E-state index contributed by atoms with van der Waals surface area (Å²) in [4.78, 5) is 0. The van der Waals surface area contributed by atoms with Gasteiger partial charge in [0.25, 0.3) is 0 Å². The lowest BCUT2D eigenvalue weighted by atomic mass is 9.97. The van der Waals surface area contributed by atoms with Crippen molar-refractivity contribution in [3.05, 3.63) is 0 Å². The van der Waals surface area contributed by atoms with Gasteiger partial charge in [-0.1, -0.05) is 26.7 Å². The molecule has 0 spiro atoms. The first-order valence-electron chi connectivity index (χ1n) is 6.26. The molecule has 0 aliphatic rings. The van der Waals surface area contributed by atoms with E-state index in [-0.39, 0.29) is 12.1 Å². The molecule has 2 nitrogen and oxygen atoms in total. The third-order valence-electron chi connectivity index (χ3n) is 2.79. The zero-order valence-corrected chi connectivity index (χ0v) is 11.1. The molecular formula is C13H29NO. The first kappa shape index (κ1) is 14.9. The minimum absolute atomic E-state index is 0.0615. The van der Waals surface area contributed by atoms with Crippen LogP contribution in [0, 0.1) is 5.92 Å². The standard InChI is InChI=1S/C13H29NO/c1-11(2)7-6-8-12(3)14-13(4,5)9-10-15/h11-12,14-15H,6-10H2,1-5H3. The molecule has 0 amide bonds. The monoisotopic (exact) mass is 215 g/mol. The van der Waals surface area contributed by atoms with Gasteiger partial charge in [-0.25, -0.2) is 0 Å². The molecular weight excluding hydrogens is 186 g/mol. The number of aliphatic hydroxyl groups is 1. The van der Waals surface area contributed by atoms with E-state index in [0.717, 1.165) is 12.3 Å². The maximum atomic E-state index is 8.92. The van der Waals surface area contributed by atoms with Crippen LogP contribution in [0.2, 0.25) is 0 Å². The van der Waals surface area contributed by atoms with Crippen LogP contribution in [0.4, 0.5) is 0 Å². The number of nitrogens with one attached hydrogen (secondary N) is 1. The van der Waals surface area contributed by atoms with Gasteiger partial charge in [0, 0.05) is 18.2 Å². The molecule has 1 atom stereocenters. The minimum atomic E-state index is 0.0615. The highest BCUT2D eigenvalue weighted by molar-refractivity contribution is 4.80. The maximum absolute atomic E-state index is 8.92. The van der Waals surface area contributed by atoms with Crippen LogP contribution in [-0.2, 0) is 0 Å². The van der Waals surface area contributed by atoms with Crippen molar-refractivity contribution in [2.75, 3.05) is 6.61 Å². The van der Waals surface area contributed by atoms with Crippen molar-refractivity contribution in [3.63, 3.8) is 0 Å². The van der Waals surface area contributed by atoms with Gasteiger partial charge in [0.15, 0.2) is 0 Å². The first-order chi connectivity index (χ1) is 6.87. The van der Waals surface area contributed by atoms with E-state index in [1.807, 2.05) is 0 Å². The highest BCUT2D eigenvalue weighted by Crippen LogP contribution is 2.13. The van der Waals surface area contributed by atoms with Gasteiger partial charge in [-0.05, 0) is 39.5 Å². The number of aliphatic hydroxyl groups excluding tert-OH is 1. The summed E-state index contributed by atoms with van der Waals surface area (Å²) < 4.78 is 0. The summed E-state index contributed by atoms with van der Waals surface area (Å²) in [5.74, 6) is 0.808. The number of hydrogen-bond donors (Lipinski definition) is 2. The fourth-order valence-corrected chi connectivity index (χ4v) is 1.92. The third kappa shape index (κ3) is 8.88. The molecule has 1 unspecified atom stereocenters. The van der Waals surface area contributed by atoms with Gasteiger partial charge in [0.1, 0.15) is 0 Å². The molecule has 92 valence electrons. The second-order valence-electron chi connectivity index (χ2n) is 5.73. The van der Waals surface area contributed by atoms with E-state index in [1.165, 1.54) is 19.3 Å². The topological polar surface area (TPSA) is 32.3 Å². The Bertz CT molecular complexity index is 155. The average molecular weight is 215 g/mol. The molecule has 0 saturated carbocycles. The van der Waals surface area contributed by atoms with Crippen molar-refractivity contribution >= 4 is 0 Å². The molecule has 2 heteroatoms. The van der Waals surface area contributed by atoms with Gasteiger partial charge >= 0.3 is 0 Å². The molecule has 0 bridgehead atoms. The molecule has 15 heavy (non-hydrogen) atoms. The Morgan fingerprint density at radius 3 is 2.20 bits per heavy atom. The van der Waals surface area contributed by atoms with E-state index >= 15 is 0 Å². The summed E-state index contributed by atoms with van der Waals surface area (Å²) in [5, 5.41) is 12.5. The summed E-state index contributed by atoms with van der Waals surface area (Å²) in [5.41, 5.74) is 0.0615. The lowest BCUT2D eigenvalue weighted by molar-refractivity contribution is 0.218. The largest absolute Gasteiger partial charge is 0.396 e. The summed E-state index contributed by atoms with van der Waals surface area (Å²) >= 11 is 0. The van der Waals surface area contributed by atoms with E-state index in [1.54, 1.807) is 0 Å². The fourth-order valence-electron chi connectivity index (χ4n) is 1.92. The van der Waals surface area contributed by atoms with Crippen molar-refractivity contribution in [3.8, 4) is 0 Å². The number of hydrogen-bond acceptors (Lipinski definition) is 2. The van der Waals surface area contributed by atoms with Crippen molar-refractivity contribution < 1.29 is 5.11 Å². The zero-order valence-electron chi connectivity index (χ0n) is 11.1. The lowest BCUT2D eigenvalue weighted by Crippen LogP contribution is -2.45. The molecule has 0 aliphatic carbocycles. The van der Waals surface area contributed by atoms with E-state index < -0.39 is 0 Å². The SMILES string of the molecule is CC(C)CCCC(C)NC(C)(C)CCO. The van der Waals surface area contributed by atoms with Crippen molar-refractivity contribution in [1.82, 2.24) is 5.32 Å². The quantitative estimate of drug-likeness (QED) is 0.652. The Morgan fingerprint density at radius 1 is 1.13 bits per heavy atom. The number of rotatable bonds is 8. The highest BCUT2D eigenvalue weighted by Gasteiger charge is 2.18. The van der Waals surface area contributed by atoms with Crippen molar-refractivity contribution in [2.45, 2.75) is 71.9 Å². The molecule has 0 saturated heterocycles.